The highest BCUT2D eigenvalue weighted by Gasteiger charge is 2.37. The molecule has 0 aliphatic heterocycles. The number of benzene rings is 3. The molecular formula is C30H37N2O3P. The molecule has 0 saturated heterocycles. The summed E-state index contributed by atoms with van der Waals surface area (Å²) >= 11 is 0. The second-order valence-electron chi connectivity index (χ2n) is 9.01. The van der Waals surface area contributed by atoms with Crippen LogP contribution in [0.15, 0.2) is 91.0 Å². The van der Waals surface area contributed by atoms with E-state index in [4.69, 9.17) is 19.0 Å². The summed E-state index contributed by atoms with van der Waals surface area (Å²) in [6, 6.07) is 33.6. The Morgan fingerprint density at radius 3 is 1.50 bits per heavy atom. The van der Waals surface area contributed by atoms with Gasteiger partial charge in [0.2, 0.25) is 0 Å². The minimum absolute atomic E-state index is 0.246. The molecule has 190 valence electrons. The molecule has 0 N–H and O–H groups in total. The van der Waals surface area contributed by atoms with Gasteiger partial charge in [-0.3, -0.25) is 0 Å². The molecule has 0 amide bonds. The van der Waals surface area contributed by atoms with Crippen LogP contribution in [0.25, 0.3) is 0 Å². The van der Waals surface area contributed by atoms with Crippen LogP contribution in [0.2, 0.25) is 0 Å². The maximum atomic E-state index is 8.97. The van der Waals surface area contributed by atoms with Crippen LogP contribution in [-0.2, 0) is 19.4 Å². The monoisotopic (exact) mass is 504 g/mol. The largest absolute Gasteiger partial charge is 0.358 e. The van der Waals surface area contributed by atoms with E-state index >= 15 is 0 Å². The maximum Gasteiger partial charge on any atom is 0.259 e. The van der Waals surface area contributed by atoms with Gasteiger partial charge >= 0.3 is 0 Å². The minimum atomic E-state index is -1.32. The molecule has 0 saturated carbocycles. The molecule has 3 aromatic carbocycles. The van der Waals surface area contributed by atoms with Gasteiger partial charge in [-0.2, -0.15) is 5.26 Å². The molecule has 0 radical (unpaired) electrons. The first-order valence-electron chi connectivity index (χ1n) is 12.5. The summed E-state index contributed by atoms with van der Waals surface area (Å²) in [5.74, 6) is 0. The third kappa shape index (κ3) is 7.01. The summed E-state index contributed by atoms with van der Waals surface area (Å²) in [6.45, 7) is 9.61. The standard InChI is InChI=1S/C30H37N2O3P/c1-25(2)32(26(3)4)36(34-22-14-21-31)35-24-23-33-30(27-15-8-5-9-16-27,28-17-10-6-11-18-28)29-19-12-7-13-20-29/h5-13,15-20,25-26H,14,22-24H2,1-4H3. The molecule has 0 aromatic heterocycles. The summed E-state index contributed by atoms with van der Waals surface area (Å²) in [5.41, 5.74) is 2.38. The van der Waals surface area contributed by atoms with Gasteiger partial charge in [-0.1, -0.05) is 91.0 Å². The van der Waals surface area contributed by atoms with E-state index in [9.17, 15) is 0 Å². The van der Waals surface area contributed by atoms with E-state index in [1.807, 2.05) is 54.6 Å². The molecule has 0 aliphatic carbocycles. The maximum absolute atomic E-state index is 8.97. The molecule has 6 heteroatoms. The predicted molar refractivity (Wildman–Crippen MR) is 146 cm³/mol. The average Bonchev–Trinajstić information content (AvgIpc) is 2.90. The molecule has 5 nitrogen and oxygen atoms in total. The quantitative estimate of drug-likeness (QED) is 0.131. The Labute approximate surface area is 217 Å². The zero-order chi connectivity index (χ0) is 25.8. The first-order chi connectivity index (χ1) is 17.5. The fourth-order valence-electron chi connectivity index (χ4n) is 4.39. The highest BCUT2D eigenvalue weighted by atomic mass is 31.2. The summed E-state index contributed by atoms with van der Waals surface area (Å²) in [6.07, 6.45) is 0.335. The first kappa shape index (κ1) is 28.0. The van der Waals surface area contributed by atoms with Gasteiger partial charge in [-0.25, -0.2) is 4.67 Å². The van der Waals surface area contributed by atoms with Crippen LogP contribution in [0.3, 0.4) is 0 Å². The third-order valence-electron chi connectivity index (χ3n) is 5.81. The normalized spacial score (nSPS) is 12.7. The van der Waals surface area contributed by atoms with Crippen molar-refractivity contribution < 1.29 is 13.8 Å². The lowest BCUT2D eigenvalue weighted by Gasteiger charge is -2.37. The molecule has 0 bridgehead atoms. The highest BCUT2D eigenvalue weighted by molar-refractivity contribution is 7.44. The van der Waals surface area contributed by atoms with Gasteiger partial charge in [0.05, 0.1) is 32.3 Å². The van der Waals surface area contributed by atoms with Crippen molar-refractivity contribution in [1.82, 2.24) is 4.67 Å². The Balaban J connectivity index is 1.88. The summed E-state index contributed by atoms with van der Waals surface area (Å²) in [5, 5.41) is 8.97. The van der Waals surface area contributed by atoms with Crippen LogP contribution in [0.1, 0.15) is 50.8 Å². The van der Waals surface area contributed by atoms with Gasteiger partial charge in [0.15, 0.2) is 0 Å². The molecule has 0 fully saturated rings. The van der Waals surface area contributed by atoms with Crippen LogP contribution in [0.5, 0.6) is 0 Å². The zero-order valence-electron chi connectivity index (χ0n) is 21.7. The van der Waals surface area contributed by atoms with Gasteiger partial charge in [-0.05, 0) is 44.4 Å². The van der Waals surface area contributed by atoms with Gasteiger partial charge in [-0.15, -0.1) is 0 Å². The van der Waals surface area contributed by atoms with Crippen molar-refractivity contribution in [2.24, 2.45) is 0 Å². The van der Waals surface area contributed by atoms with Crippen molar-refractivity contribution in [3.05, 3.63) is 108 Å². The first-order valence-corrected chi connectivity index (χ1v) is 13.7. The van der Waals surface area contributed by atoms with E-state index in [0.717, 1.165) is 16.7 Å². The Hall–Kier alpha value is -2.58. The number of ether oxygens (including phenoxy) is 1. The fourth-order valence-corrected chi connectivity index (χ4v) is 5.97. The number of hydrogen-bond donors (Lipinski definition) is 0. The number of rotatable bonds is 14. The molecule has 0 spiro atoms. The van der Waals surface area contributed by atoms with Crippen molar-refractivity contribution in [1.29, 1.82) is 5.26 Å². The molecule has 0 aliphatic rings. The van der Waals surface area contributed by atoms with E-state index < -0.39 is 14.1 Å². The van der Waals surface area contributed by atoms with E-state index in [0.29, 0.717) is 26.2 Å². The van der Waals surface area contributed by atoms with Gasteiger partial charge in [0.1, 0.15) is 5.60 Å². The topological polar surface area (TPSA) is 54.7 Å². The average molecular weight is 505 g/mol. The Morgan fingerprint density at radius 1 is 0.694 bits per heavy atom. The lowest BCUT2D eigenvalue weighted by Crippen LogP contribution is -2.35. The Bertz CT molecular complexity index is 951. The van der Waals surface area contributed by atoms with Crippen LogP contribution < -0.4 is 0 Å². The lowest BCUT2D eigenvalue weighted by atomic mass is 9.80. The summed E-state index contributed by atoms with van der Waals surface area (Å²) < 4.78 is 21.4. The smallest absolute Gasteiger partial charge is 0.259 e. The van der Waals surface area contributed by atoms with Crippen LogP contribution in [0.4, 0.5) is 0 Å². The van der Waals surface area contributed by atoms with E-state index in [-0.39, 0.29) is 12.1 Å². The fraction of sp³-hybridized carbons (Fsp3) is 0.367. The van der Waals surface area contributed by atoms with E-state index in [1.165, 1.54) is 0 Å². The van der Waals surface area contributed by atoms with Crippen molar-refractivity contribution in [2.45, 2.75) is 51.8 Å². The molecule has 36 heavy (non-hydrogen) atoms. The van der Waals surface area contributed by atoms with Crippen molar-refractivity contribution in [2.75, 3.05) is 19.8 Å². The molecule has 3 rings (SSSR count). The van der Waals surface area contributed by atoms with E-state index in [1.54, 1.807) is 0 Å². The summed E-state index contributed by atoms with van der Waals surface area (Å²) in [4.78, 5) is 0. The highest BCUT2D eigenvalue weighted by Crippen LogP contribution is 2.46. The minimum Gasteiger partial charge on any atom is -0.358 e. The lowest BCUT2D eigenvalue weighted by molar-refractivity contribution is -0.00500. The number of nitrogens with zero attached hydrogens (tertiary/aromatic N) is 2. The SMILES string of the molecule is CC(C)N(C(C)C)P(OCCC#N)OCCOC(c1ccccc1)(c1ccccc1)c1ccccc1. The Kier molecular flexibility index (Phi) is 11.1. The van der Waals surface area contributed by atoms with Crippen LogP contribution >= 0.6 is 8.53 Å². The zero-order valence-corrected chi connectivity index (χ0v) is 22.6. The third-order valence-corrected chi connectivity index (χ3v) is 7.91. The second kappa shape index (κ2) is 14.2. The van der Waals surface area contributed by atoms with Crippen LogP contribution in [-0.4, -0.2) is 36.6 Å². The van der Waals surface area contributed by atoms with Crippen LogP contribution in [0, 0.1) is 11.3 Å². The molecule has 1 atom stereocenters. The molecule has 1 unspecified atom stereocenters. The summed E-state index contributed by atoms with van der Waals surface area (Å²) in [7, 11) is -1.32. The van der Waals surface area contributed by atoms with Gasteiger partial charge < -0.3 is 13.8 Å². The van der Waals surface area contributed by atoms with Crippen molar-refractivity contribution in [3.8, 4) is 6.07 Å². The van der Waals surface area contributed by atoms with Crippen molar-refractivity contribution >= 4 is 8.53 Å². The number of hydrogen-bond acceptors (Lipinski definition) is 5. The van der Waals surface area contributed by atoms with Gasteiger partial charge in [0, 0.05) is 12.1 Å². The van der Waals surface area contributed by atoms with Gasteiger partial charge in [0.25, 0.3) is 8.53 Å². The molecule has 3 aromatic rings. The predicted octanol–water partition coefficient (Wildman–Crippen LogP) is 7.29. The van der Waals surface area contributed by atoms with Crippen molar-refractivity contribution in [3.63, 3.8) is 0 Å². The molecular weight excluding hydrogens is 467 g/mol. The number of nitriles is 1. The van der Waals surface area contributed by atoms with E-state index in [2.05, 4.69) is 74.8 Å². The Morgan fingerprint density at radius 2 is 1.11 bits per heavy atom. The second-order valence-corrected chi connectivity index (χ2v) is 10.5. The molecule has 0 heterocycles.